The molecule has 4 aromatic carbocycles. The summed E-state index contributed by atoms with van der Waals surface area (Å²) in [6, 6.07) is 40.4. The number of hydrogen-bond donors (Lipinski definition) is 0. The zero-order valence-electron chi connectivity index (χ0n) is 31.7. The van der Waals surface area contributed by atoms with E-state index >= 15 is 0 Å². The van der Waals surface area contributed by atoms with Gasteiger partial charge in [-0.3, -0.25) is 4.98 Å². The fourth-order valence-electron chi connectivity index (χ4n) is 7.66. The Balaban J connectivity index is 1.31. The first-order valence-electron chi connectivity index (χ1n) is 18.4. The Hall–Kier alpha value is -5.48. The van der Waals surface area contributed by atoms with Gasteiger partial charge in [-0.2, -0.15) is 0 Å². The first-order valence-corrected chi connectivity index (χ1v) is 18.4. The number of benzene rings is 4. The molecular formula is C48H48N4. The van der Waals surface area contributed by atoms with E-state index in [9.17, 15) is 0 Å². The van der Waals surface area contributed by atoms with E-state index in [1.807, 2.05) is 25.3 Å². The Kier molecular flexibility index (Phi) is 9.12. The Morgan fingerprint density at radius 1 is 0.577 bits per heavy atom. The smallest absolute Gasteiger partial charge is 0.165 e. The van der Waals surface area contributed by atoms with E-state index in [4.69, 9.17) is 19.9 Å². The predicted molar refractivity (Wildman–Crippen MR) is 218 cm³/mol. The molecule has 1 aliphatic rings. The number of hydrogen-bond acceptors (Lipinski definition) is 4. The summed E-state index contributed by atoms with van der Waals surface area (Å²) in [5, 5.41) is 0. The van der Waals surface area contributed by atoms with Gasteiger partial charge in [-0.05, 0) is 93.3 Å². The minimum absolute atomic E-state index is 0.0222. The Morgan fingerprint density at radius 3 is 1.85 bits per heavy atom. The van der Waals surface area contributed by atoms with Crippen molar-refractivity contribution in [1.82, 2.24) is 19.9 Å². The molecule has 4 heteroatoms. The topological polar surface area (TPSA) is 51.6 Å². The van der Waals surface area contributed by atoms with Gasteiger partial charge in [-0.1, -0.05) is 146 Å². The average molecular weight is 681 g/mol. The maximum Gasteiger partial charge on any atom is 0.165 e. The van der Waals surface area contributed by atoms with Crippen LogP contribution in [-0.2, 0) is 10.8 Å². The van der Waals surface area contributed by atoms with Crippen LogP contribution >= 0.6 is 0 Å². The molecule has 0 saturated carbocycles. The van der Waals surface area contributed by atoms with E-state index in [2.05, 4.69) is 164 Å². The molecular weight excluding hydrogens is 633 g/mol. The van der Waals surface area contributed by atoms with E-state index in [1.165, 1.54) is 22.3 Å². The van der Waals surface area contributed by atoms with Crippen LogP contribution in [0.2, 0.25) is 0 Å². The van der Waals surface area contributed by atoms with Crippen molar-refractivity contribution >= 4 is 11.1 Å². The lowest BCUT2D eigenvalue weighted by Gasteiger charge is -2.44. The highest BCUT2D eigenvalue weighted by Gasteiger charge is 2.56. The van der Waals surface area contributed by atoms with E-state index in [1.54, 1.807) is 0 Å². The van der Waals surface area contributed by atoms with Crippen molar-refractivity contribution in [1.29, 1.82) is 0 Å². The zero-order chi connectivity index (χ0) is 36.7. The van der Waals surface area contributed by atoms with Crippen molar-refractivity contribution in [2.24, 2.45) is 5.41 Å². The predicted octanol–water partition coefficient (Wildman–Crippen LogP) is 12.4. The minimum Gasteiger partial charge on any atom is -0.255 e. The lowest BCUT2D eigenvalue weighted by Crippen LogP contribution is -2.42. The van der Waals surface area contributed by atoms with Crippen molar-refractivity contribution in [2.75, 3.05) is 0 Å². The molecule has 0 radical (unpaired) electrons. The van der Waals surface area contributed by atoms with Gasteiger partial charge < -0.3 is 0 Å². The molecule has 2 aromatic heterocycles. The molecule has 0 aliphatic heterocycles. The molecule has 0 unspecified atom stereocenters. The Labute approximate surface area is 309 Å². The third kappa shape index (κ3) is 6.11. The van der Waals surface area contributed by atoms with Gasteiger partial charge in [0.05, 0.1) is 5.69 Å². The second-order valence-corrected chi connectivity index (χ2v) is 15.5. The average Bonchev–Trinajstić information content (AvgIpc) is 3.28. The lowest BCUT2D eigenvalue weighted by molar-refractivity contribution is 0.125. The van der Waals surface area contributed by atoms with Gasteiger partial charge >= 0.3 is 0 Å². The number of pyridine rings is 1. The fraction of sp³-hybridized carbons (Fsp3) is 0.250. The molecule has 7 rings (SSSR count). The van der Waals surface area contributed by atoms with Gasteiger partial charge in [0.2, 0.25) is 0 Å². The highest BCUT2D eigenvalue weighted by atomic mass is 15.0. The monoisotopic (exact) mass is 680 g/mol. The van der Waals surface area contributed by atoms with Crippen LogP contribution in [0.25, 0.3) is 56.3 Å². The van der Waals surface area contributed by atoms with Crippen LogP contribution in [0.3, 0.4) is 0 Å². The van der Waals surface area contributed by atoms with Crippen LogP contribution < -0.4 is 0 Å². The summed E-state index contributed by atoms with van der Waals surface area (Å²) in [5.41, 5.74) is 12.5. The Morgan fingerprint density at radius 2 is 1.19 bits per heavy atom. The SMILES string of the molecule is C/C=C(\C=C(/CC)c1ccccc1)c1nc(-c2ccc(-c3ccc4c(c3)C(C)(C)C(C)(C)C4(C)C)nc2)nc(-c2cccc(-c3ccccc3)c2)n1. The second kappa shape index (κ2) is 13.6. The van der Waals surface area contributed by atoms with E-state index < -0.39 is 0 Å². The van der Waals surface area contributed by atoms with Crippen molar-refractivity contribution in [3.63, 3.8) is 0 Å². The van der Waals surface area contributed by atoms with Gasteiger partial charge in [0.15, 0.2) is 17.5 Å². The molecule has 0 saturated heterocycles. The number of aromatic nitrogens is 4. The molecule has 260 valence electrons. The molecule has 0 fully saturated rings. The van der Waals surface area contributed by atoms with Crippen molar-refractivity contribution in [3.8, 4) is 45.2 Å². The number of rotatable bonds is 8. The Bertz CT molecular complexity index is 2290. The van der Waals surface area contributed by atoms with E-state index in [0.717, 1.165) is 45.5 Å². The molecule has 52 heavy (non-hydrogen) atoms. The van der Waals surface area contributed by atoms with Crippen LogP contribution in [0, 0.1) is 5.41 Å². The first-order chi connectivity index (χ1) is 24.9. The molecule has 0 bridgehead atoms. The summed E-state index contributed by atoms with van der Waals surface area (Å²) >= 11 is 0. The molecule has 0 atom stereocenters. The molecule has 0 amide bonds. The summed E-state index contributed by atoms with van der Waals surface area (Å²) in [4.78, 5) is 20.3. The highest BCUT2D eigenvalue weighted by molar-refractivity contribution is 5.83. The summed E-state index contributed by atoms with van der Waals surface area (Å²) in [5.74, 6) is 1.84. The third-order valence-corrected chi connectivity index (χ3v) is 12.1. The molecule has 1 aliphatic carbocycles. The quantitative estimate of drug-likeness (QED) is 0.150. The van der Waals surface area contributed by atoms with Gasteiger partial charge in [0.25, 0.3) is 0 Å². The number of allylic oxidation sites excluding steroid dienone is 4. The van der Waals surface area contributed by atoms with E-state index in [-0.39, 0.29) is 16.2 Å². The summed E-state index contributed by atoms with van der Waals surface area (Å²) < 4.78 is 0. The van der Waals surface area contributed by atoms with Gasteiger partial charge in [-0.25, -0.2) is 15.0 Å². The molecule has 6 aromatic rings. The largest absolute Gasteiger partial charge is 0.255 e. The van der Waals surface area contributed by atoms with Gasteiger partial charge in [0, 0.05) is 28.5 Å². The number of nitrogens with zero attached hydrogens (tertiary/aromatic N) is 4. The van der Waals surface area contributed by atoms with Crippen LogP contribution in [0.15, 0.2) is 134 Å². The molecule has 4 nitrogen and oxygen atoms in total. The van der Waals surface area contributed by atoms with Crippen LogP contribution in [0.1, 0.15) is 84.3 Å². The maximum atomic E-state index is 5.10. The normalized spacial score (nSPS) is 16.1. The fourth-order valence-corrected chi connectivity index (χ4v) is 7.66. The first kappa shape index (κ1) is 34.9. The standard InChI is InChI=1S/C48H48N4/c1-9-32(34-18-13-11-14-19-34)28-33(10-2)43-50-44(38-23-17-22-36(29-38)35-20-15-12-16-21-35)52-45(51-43)39-25-27-42(49-31-39)37-24-26-40-41(30-37)47(5,6)48(7,8)46(40,3)4/h10-31H,9H2,1-8H3/b32-28+,33-10+. The molecule has 2 heterocycles. The third-order valence-electron chi connectivity index (χ3n) is 12.1. The van der Waals surface area contributed by atoms with Gasteiger partial charge in [0.1, 0.15) is 0 Å². The zero-order valence-corrected chi connectivity index (χ0v) is 31.7. The molecule has 0 spiro atoms. The van der Waals surface area contributed by atoms with Gasteiger partial charge in [-0.15, -0.1) is 0 Å². The van der Waals surface area contributed by atoms with Crippen molar-refractivity contribution in [3.05, 3.63) is 156 Å². The second-order valence-electron chi connectivity index (χ2n) is 15.5. The van der Waals surface area contributed by atoms with E-state index in [0.29, 0.717) is 17.5 Å². The summed E-state index contributed by atoms with van der Waals surface area (Å²) in [6.07, 6.45) is 7.07. The highest BCUT2D eigenvalue weighted by Crippen LogP contribution is 2.61. The summed E-state index contributed by atoms with van der Waals surface area (Å²) in [6.45, 7) is 18.5. The summed E-state index contributed by atoms with van der Waals surface area (Å²) in [7, 11) is 0. The molecule has 0 N–H and O–H groups in total. The minimum atomic E-state index is 0.0222. The van der Waals surface area contributed by atoms with Crippen LogP contribution in [0.5, 0.6) is 0 Å². The van der Waals surface area contributed by atoms with Crippen molar-refractivity contribution in [2.45, 2.75) is 72.6 Å². The van der Waals surface area contributed by atoms with Crippen LogP contribution in [-0.4, -0.2) is 19.9 Å². The lowest BCUT2D eigenvalue weighted by atomic mass is 9.59. The van der Waals surface area contributed by atoms with Crippen LogP contribution in [0.4, 0.5) is 0 Å². The number of fused-ring (bicyclic) bond motifs is 1. The maximum absolute atomic E-state index is 5.10. The van der Waals surface area contributed by atoms with Crippen molar-refractivity contribution < 1.29 is 0 Å².